The van der Waals surface area contributed by atoms with Gasteiger partial charge >= 0.3 is 0 Å². The van der Waals surface area contributed by atoms with Crippen LogP contribution in [0.25, 0.3) is 0 Å². The lowest BCUT2D eigenvalue weighted by atomic mass is 10.0. The number of benzene rings is 1. The lowest BCUT2D eigenvalue weighted by Crippen LogP contribution is -2.48. The molecule has 4 nitrogen and oxygen atoms in total. The molecule has 0 radical (unpaired) electrons. The maximum absolute atomic E-state index is 13.0. The molecule has 0 aromatic heterocycles. The second-order valence-electron chi connectivity index (χ2n) is 5.37. The fourth-order valence-electron chi connectivity index (χ4n) is 2.41. The van der Waals surface area contributed by atoms with Crippen LogP contribution in [0, 0.1) is 11.7 Å². The first-order valence-electron chi connectivity index (χ1n) is 6.91. The molecule has 1 amide bonds. The third-order valence-electron chi connectivity index (χ3n) is 3.59. The molecule has 0 aliphatic carbocycles. The Bertz CT molecular complexity index is 463. The van der Waals surface area contributed by atoms with Crippen molar-refractivity contribution in [3.8, 4) is 0 Å². The van der Waals surface area contributed by atoms with Gasteiger partial charge in [0.05, 0.1) is 12.6 Å². The smallest absolute Gasteiger partial charge is 0.226 e. The minimum absolute atomic E-state index is 0.0484. The molecule has 1 aromatic carbocycles. The van der Waals surface area contributed by atoms with E-state index in [1.807, 2.05) is 13.8 Å². The molecule has 20 heavy (non-hydrogen) atoms. The Kier molecular flexibility index (Phi) is 4.73. The maximum atomic E-state index is 13.0. The molecule has 2 rings (SSSR count). The van der Waals surface area contributed by atoms with Crippen molar-refractivity contribution in [2.24, 2.45) is 11.7 Å². The zero-order valence-electron chi connectivity index (χ0n) is 11.9. The third-order valence-corrected chi connectivity index (χ3v) is 3.59. The van der Waals surface area contributed by atoms with Gasteiger partial charge in [-0.2, -0.15) is 0 Å². The number of morpholine rings is 1. The van der Waals surface area contributed by atoms with Crippen molar-refractivity contribution in [2.45, 2.75) is 26.1 Å². The van der Waals surface area contributed by atoms with Crippen LogP contribution in [-0.4, -0.2) is 36.5 Å². The molecule has 3 atom stereocenters. The van der Waals surface area contributed by atoms with Gasteiger partial charge in [-0.15, -0.1) is 0 Å². The van der Waals surface area contributed by atoms with E-state index in [1.54, 1.807) is 17.0 Å². The molecule has 1 heterocycles. The summed E-state index contributed by atoms with van der Waals surface area (Å²) in [6.45, 7) is 5.16. The standard InChI is InChI=1S/C15H21FN2O2/c1-10(7-17)15(19)18-8-11(2)20-14(9-18)12-3-5-13(16)6-4-12/h3-6,10-11,14H,7-9,17H2,1-2H3. The highest BCUT2D eigenvalue weighted by Crippen LogP contribution is 2.26. The van der Waals surface area contributed by atoms with Crippen LogP contribution < -0.4 is 5.73 Å². The summed E-state index contributed by atoms with van der Waals surface area (Å²) in [4.78, 5) is 14.0. The van der Waals surface area contributed by atoms with Gasteiger partial charge in [0.25, 0.3) is 0 Å². The highest BCUT2D eigenvalue weighted by atomic mass is 19.1. The number of halogens is 1. The summed E-state index contributed by atoms with van der Waals surface area (Å²) >= 11 is 0. The molecule has 1 aromatic rings. The molecular formula is C15H21FN2O2. The van der Waals surface area contributed by atoms with Gasteiger partial charge in [0, 0.05) is 19.0 Å². The minimum atomic E-state index is -0.276. The summed E-state index contributed by atoms with van der Waals surface area (Å²) < 4.78 is 18.8. The van der Waals surface area contributed by atoms with Gasteiger partial charge in [-0.25, -0.2) is 4.39 Å². The predicted molar refractivity (Wildman–Crippen MR) is 74.5 cm³/mol. The van der Waals surface area contributed by atoms with E-state index >= 15 is 0 Å². The summed E-state index contributed by atoms with van der Waals surface area (Å²) in [5, 5.41) is 0. The van der Waals surface area contributed by atoms with Crippen molar-refractivity contribution in [1.82, 2.24) is 4.90 Å². The van der Waals surface area contributed by atoms with Crippen molar-refractivity contribution in [1.29, 1.82) is 0 Å². The Labute approximate surface area is 118 Å². The fourth-order valence-corrected chi connectivity index (χ4v) is 2.41. The Hall–Kier alpha value is -1.46. The van der Waals surface area contributed by atoms with E-state index in [0.29, 0.717) is 19.6 Å². The molecule has 1 aliphatic rings. The van der Waals surface area contributed by atoms with E-state index < -0.39 is 0 Å². The summed E-state index contributed by atoms with van der Waals surface area (Å²) in [5.41, 5.74) is 6.44. The van der Waals surface area contributed by atoms with Gasteiger partial charge in [-0.1, -0.05) is 19.1 Å². The Morgan fingerprint density at radius 1 is 1.45 bits per heavy atom. The largest absolute Gasteiger partial charge is 0.367 e. The highest BCUT2D eigenvalue weighted by molar-refractivity contribution is 5.78. The number of rotatable bonds is 3. The lowest BCUT2D eigenvalue weighted by Gasteiger charge is -2.38. The SMILES string of the molecule is CC1CN(C(=O)C(C)CN)CC(c2ccc(F)cc2)O1. The van der Waals surface area contributed by atoms with E-state index in [2.05, 4.69) is 0 Å². The highest BCUT2D eigenvalue weighted by Gasteiger charge is 2.30. The van der Waals surface area contributed by atoms with Gasteiger partial charge < -0.3 is 15.4 Å². The molecule has 1 aliphatic heterocycles. The summed E-state index contributed by atoms with van der Waals surface area (Å²) in [6.07, 6.45) is -0.263. The molecular weight excluding hydrogens is 259 g/mol. The van der Waals surface area contributed by atoms with E-state index in [0.717, 1.165) is 5.56 Å². The van der Waals surface area contributed by atoms with Crippen LogP contribution in [0.3, 0.4) is 0 Å². The van der Waals surface area contributed by atoms with Crippen LogP contribution in [0.5, 0.6) is 0 Å². The normalized spacial score (nSPS) is 24.5. The van der Waals surface area contributed by atoms with E-state index in [1.165, 1.54) is 12.1 Å². The molecule has 5 heteroatoms. The maximum Gasteiger partial charge on any atom is 0.226 e. The van der Waals surface area contributed by atoms with Crippen LogP contribution in [0.4, 0.5) is 4.39 Å². The number of carbonyl (C=O) groups is 1. The Morgan fingerprint density at radius 3 is 2.70 bits per heavy atom. The van der Waals surface area contributed by atoms with Gasteiger partial charge in [0.2, 0.25) is 5.91 Å². The number of hydrogen-bond donors (Lipinski definition) is 1. The number of nitrogens with zero attached hydrogens (tertiary/aromatic N) is 1. The van der Waals surface area contributed by atoms with Crippen LogP contribution in [0.15, 0.2) is 24.3 Å². The third kappa shape index (κ3) is 3.35. The lowest BCUT2D eigenvalue weighted by molar-refractivity contribution is -0.148. The molecule has 1 fully saturated rings. The monoisotopic (exact) mass is 280 g/mol. The summed E-state index contributed by atoms with van der Waals surface area (Å²) in [5.74, 6) is -0.411. The average Bonchev–Trinajstić information content (AvgIpc) is 2.45. The Morgan fingerprint density at radius 2 is 2.10 bits per heavy atom. The molecule has 2 N–H and O–H groups in total. The zero-order valence-corrected chi connectivity index (χ0v) is 11.9. The molecule has 1 saturated heterocycles. The molecule has 110 valence electrons. The Balaban J connectivity index is 2.12. The zero-order chi connectivity index (χ0) is 14.7. The second-order valence-corrected chi connectivity index (χ2v) is 5.37. The molecule has 0 bridgehead atoms. The predicted octanol–water partition coefficient (Wildman–Crippen LogP) is 1.71. The van der Waals surface area contributed by atoms with Crippen molar-refractivity contribution >= 4 is 5.91 Å². The van der Waals surface area contributed by atoms with Gasteiger partial charge in [0.15, 0.2) is 0 Å². The first kappa shape index (κ1) is 14.9. The first-order valence-corrected chi connectivity index (χ1v) is 6.91. The number of hydrogen-bond acceptors (Lipinski definition) is 3. The van der Waals surface area contributed by atoms with Crippen LogP contribution >= 0.6 is 0 Å². The van der Waals surface area contributed by atoms with E-state index in [9.17, 15) is 9.18 Å². The summed E-state index contributed by atoms with van der Waals surface area (Å²) in [7, 11) is 0. The van der Waals surface area contributed by atoms with Crippen LogP contribution in [0.2, 0.25) is 0 Å². The van der Waals surface area contributed by atoms with Gasteiger partial charge in [-0.05, 0) is 24.6 Å². The number of nitrogens with two attached hydrogens (primary N) is 1. The van der Waals surface area contributed by atoms with Crippen LogP contribution in [-0.2, 0) is 9.53 Å². The second kappa shape index (κ2) is 6.33. The molecule has 0 saturated carbocycles. The molecule has 0 spiro atoms. The number of amides is 1. The average molecular weight is 280 g/mol. The number of ether oxygens (including phenoxy) is 1. The van der Waals surface area contributed by atoms with E-state index in [-0.39, 0.29) is 29.9 Å². The fraction of sp³-hybridized carbons (Fsp3) is 0.533. The van der Waals surface area contributed by atoms with Crippen LogP contribution in [0.1, 0.15) is 25.5 Å². The van der Waals surface area contributed by atoms with Crippen molar-refractivity contribution in [3.63, 3.8) is 0 Å². The number of carbonyl (C=O) groups excluding carboxylic acids is 1. The minimum Gasteiger partial charge on any atom is -0.367 e. The van der Waals surface area contributed by atoms with Crippen molar-refractivity contribution in [2.75, 3.05) is 19.6 Å². The molecule has 3 unspecified atom stereocenters. The topological polar surface area (TPSA) is 55.6 Å². The van der Waals surface area contributed by atoms with E-state index in [4.69, 9.17) is 10.5 Å². The quantitative estimate of drug-likeness (QED) is 0.917. The van der Waals surface area contributed by atoms with Crippen molar-refractivity contribution in [3.05, 3.63) is 35.6 Å². The van der Waals surface area contributed by atoms with Gasteiger partial charge in [0.1, 0.15) is 11.9 Å². The summed E-state index contributed by atoms with van der Waals surface area (Å²) in [6, 6.07) is 6.22. The van der Waals surface area contributed by atoms with Gasteiger partial charge in [-0.3, -0.25) is 4.79 Å². The van der Waals surface area contributed by atoms with Crippen molar-refractivity contribution < 1.29 is 13.9 Å². The first-order chi connectivity index (χ1) is 9.51.